The molecule has 1 aromatic heterocycles. The largest absolute Gasteiger partial charge is 0.349 e. The van der Waals surface area contributed by atoms with Crippen LogP contribution in [0.1, 0.15) is 37.6 Å². The van der Waals surface area contributed by atoms with Crippen molar-refractivity contribution < 1.29 is 13.2 Å². The number of nitrogens with zero attached hydrogens (tertiary/aromatic N) is 2. The average molecular weight is 349 g/mol. The Morgan fingerprint density at radius 1 is 1.29 bits per heavy atom. The molecule has 1 N–H and O–H groups in total. The summed E-state index contributed by atoms with van der Waals surface area (Å²) in [5.74, 6) is -0.492. The van der Waals surface area contributed by atoms with Crippen LogP contribution < -0.4 is 5.32 Å². The summed E-state index contributed by atoms with van der Waals surface area (Å²) in [5, 5.41) is 7.19. The number of carbonyl (C=O) groups is 1. The highest BCUT2D eigenvalue weighted by molar-refractivity contribution is 7.91. The normalized spacial score (nSPS) is 12.8. The highest BCUT2D eigenvalue weighted by Gasteiger charge is 2.18. The van der Waals surface area contributed by atoms with Crippen molar-refractivity contribution >= 4 is 15.7 Å². The lowest BCUT2D eigenvalue weighted by Crippen LogP contribution is -2.28. The molecule has 1 atom stereocenters. The highest BCUT2D eigenvalue weighted by atomic mass is 32.2. The Bertz CT molecular complexity index is 798. The van der Waals surface area contributed by atoms with Crippen molar-refractivity contribution in [3.05, 3.63) is 47.8 Å². The molecular formula is C17H23N3O3S. The summed E-state index contributed by atoms with van der Waals surface area (Å²) >= 11 is 0. The van der Waals surface area contributed by atoms with Gasteiger partial charge in [0, 0.05) is 24.7 Å². The SMILES string of the molecule is CCn1cc([C@H](C)NC(=O)CCS(=O)(=O)c2ccccc2)c(C)n1. The van der Waals surface area contributed by atoms with E-state index in [4.69, 9.17) is 0 Å². The molecule has 24 heavy (non-hydrogen) atoms. The van der Waals surface area contributed by atoms with E-state index in [1.165, 1.54) is 0 Å². The van der Waals surface area contributed by atoms with E-state index in [-0.39, 0.29) is 29.0 Å². The predicted octanol–water partition coefficient (Wildman–Crippen LogP) is 2.25. The van der Waals surface area contributed by atoms with Gasteiger partial charge in [0.15, 0.2) is 9.84 Å². The summed E-state index contributed by atoms with van der Waals surface area (Å²) in [5.41, 5.74) is 1.80. The first kappa shape index (κ1) is 18.2. The number of hydrogen-bond donors (Lipinski definition) is 1. The lowest BCUT2D eigenvalue weighted by molar-refractivity contribution is -0.121. The number of rotatable bonds is 7. The van der Waals surface area contributed by atoms with E-state index in [2.05, 4.69) is 10.4 Å². The number of carbonyl (C=O) groups excluding carboxylic acids is 1. The molecule has 1 heterocycles. The van der Waals surface area contributed by atoms with Crippen LogP contribution in [0.3, 0.4) is 0 Å². The molecule has 0 spiro atoms. The molecule has 0 aliphatic heterocycles. The van der Waals surface area contributed by atoms with E-state index in [0.29, 0.717) is 0 Å². The fraction of sp³-hybridized carbons (Fsp3) is 0.412. The lowest BCUT2D eigenvalue weighted by Gasteiger charge is -2.13. The second-order valence-corrected chi connectivity index (χ2v) is 7.81. The molecule has 2 rings (SSSR count). The molecule has 130 valence electrons. The number of benzene rings is 1. The maximum absolute atomic E-state index is 12.2. The molecule has 6 nitrogen and oxygen atoms in total. The van der Waals surface area contributed by atoms with Gasteiger partial charge in [-0.25, -0.2) is 8.42 Å². The quantitative estimate of drug-likeness (QED) is 0.831. The summed E-state index contributed by atoms with van der Waals surface area (Å²) in [6.45, 7) is 6.52. The highest BCUT2D eigenvalue weighted by Crippen LogP contribution is 2.16. The number of aromatic nitrogens is 2. The minimum Gasteiger partial charge on any atom is -0.349 e. The van der Waals surface area contributed by atoms with Gasteiger partial charge in [-0.3, -0.25) is 9.48 Å². The van der Waals surface area contributed by atoms with Crippen molar-refractivity contribution in [2.24, 2.45) is 0 Å². The van der Waals surface area contributed by atoms with Gasteiger partial charge >= 0.3 is 0 Å². The molecule has 0 fully saturated rings. The number of sulfone groups is 1. The maximum Gasteiger partial charge on any atom is 0.221 e. The van der Waals surface area contributed by atoms with Gasteiger partial charge in [0.25, 0.3) is 0 Å². The summed E-state index contributed by atoms with van der Waals surface area (Å²) in [6, 6.07) is 7.97. The van der Waals surface area contributed by atoms with E-state index >= 15 is 0 Å². The molecule has 0 aliphatic rings. The van der Waals surface area contributed by atoms with Crippen LogP contribution in [0.4, 0.5) is 0 Å². The first-order chi connectivity index (χ1) is 11.3. The third kappa shape index (κ3) is 4.44. The van der Waals surface area contributed by atoms with E-state index in [1.807, 2.05) is 31.6 Å². The van der Waals surface area contributed by atoms with Crippen LogP contribution in [0, 0.1) is 6.92 Å². The average Bonchev–Trinajstić information content (AvgIpc) is 2.95. The molecule has 0 saturated carbocycles. The minimum atomic E-state index is -3.44. The molecule has 0 unspecified atom stereocenters. The van der Waals surface area contributed by atoms with Gasteiger partial charge < -0.3 is 5.32 Å². The molecule has 0 bridgehead atoms. The van der Waals surface area contributed by atoms with Crippen molar-refractivity contribution in [1.82, 2.24) is 15.1 Å². The second-order valence-electron chi connectivity index (χ2n) is 5.70. The number of nitrogens with one attached hydrogen (secondary N) is 1. The van der Waals surface area contributed by atoms with Crippen LogP contribution in [-0.4, -0.2) is 29.9 Å². The molecule has 0 saturated heterocycles. The van der Waals surface area contributed by atoms with Crippen LogP contribution >= 0.6 is 0 Å². The van der Waals surface area contributed by atoms with Crippen LogP contribution in [0.2, 0.25) is 0 Å². The smallest absolute Gasteiger partial charge is 0.221 e. The summed E-state index contributed by atoms with van der Waals surface area (Å²) < 4.78 is 26.2. The lowest BCUT2D eigenvalue weighted by atomic mass is 10.1. The zero-order valence-electron chi connectivity index (χ0n) is 14.2. The molecule has 0 aliphatic carbocycles. The maximum atomic E-state index is 12.2. The van der Waals surface area contributed by atoms with Gasteiger partial charge in [0.1, 0.15) is 0 Å². The first-order valence-corrected chi connectivity index (χ1v) is 9.60. The van der Waals surface area contributed by atoms with E-state index in [1.54, 1.807) is 30.3 Å². The Kier molecular flexibility index (Phi) is 5.77. The minimum absolute atomic E-state index is 0.0669. The fourth-order valence-electron chi connectivity index (χ4n) is 2.48. The van der Waals surface area contributed by atoms with Crippen molar-refractivity contribution in [1.29, 1.82) is 0 Å². The zero-order chi connectivity index (χ0) is 17.7. The number of aryl methyl sites for hydroxylation is 2. The Morgan fingerprint density at radius 3 is 2.54 bits per heavy atom. The summed E-state index contributed by atoms with van der Waals surface area (Å²) in [7, 11) is -3.44. The van der Waals surface area contributed by atoms with Gasteiger partial charge in [0.05, 0.1) is 22.4 Å². The van der Waals surface area contributed by atoms with Crippen molar-refractivity contribution in [3.8, 4) is 0 Å². The van der Waals surface area contributed by atoms with Crippen LogP contribution in [0.25, 0.3) is 0 Å². The van der Waals surface area contributed by atoms with E-state index in [9.17, 15) is 13.2 Å². The second kappa shape index (κ2) is 7.61. The van der Waals surface area contributed by atoms with Gasteiger partial charge in [0.2, 0.25) is 5.91 Å². The monoisotopic (exact) mass is 349 g/mol. The summed E-state index contributed by atoms with van der Waals surface area (Å²) in [4.78, 5) is 12.3. The number of hydrogen-bond acceptors (Lipinski definition) is 4. The summed E-state index contributed by atoms with van der Waals surface area (Å²) in [6.07, 6.45) is 1.84. The fourth-order valence-corrected chi connectivity index (χ4v) is 3.75. The van der Waals surface area contributed by atoms with E-state index < -0.39 is 9.84 Å². The zero-order valence-corrected chi connectivity index (χ0v) is 15.0. The van der Waals surface area contributed by atoms with Gasteiger partial charge in [-0.2, -0.15) is 5.10 Å². The molecular weight excluding hydrogens is 326 g/mol. The van der Waals surface area contributed by atoms with Crippen molar-refractivity contribution in [2.45, 2.75) is 44.7 Å². The van der Waals surface area contributed by atoms with E-state index in [0.717, 1.165) is 17.8 Å². The molecule has 7 heteroatoms. The standard InChI is InChI=1S/C17H23N3O3S/c1-4-20-12-16(14(3)19-20)13(2)18-17(21)10-11-24(22,23)15-8-6-5-7-9-15/h5-9,12-13H,4,10-11H2,1-3H3,(H,18,21)/t13-/m0/s1. The third-order valence-corrected chi connectivity index (χ3v) is 5.58. The molecule has 2 aromatic rings. The molecule has 1 aromatic carbocycles. The first-order valence-electron chi connectivity index (χ1n) is 7.94. The van der Waals surface area contributed by atoms with Gasteiger partial charge in [-0.05, 0) is 32.9 Å². The number of amides is 1. The topological polar surface area (TPSA) is 81.1 Å². The third-order valence-electron chi connectivity index (χ3n) is 3.85. The van der Waals surface area contributed by atoms with Crippen molar-refractivity contribution in [2.75, 3.05) is 5.75 Å². The van der Waals surface area contributed by atoms with Gasteiger partial charge in [-0.15, -0.1) is 0 Å². The van der Waals surface area contributed by atoms with Crippen LogP contribution in [0.5, 0.6) is 0 Å². The molecule has 1 amide bonds. The van der Waals surface area contributed by atoms with Crippen LogP contribution in [0.15, 0.2) is 41.4 Å². The Hall–Kier alpha value is -2.15. The van der Waals surface area contributed by atoms with Crippen LogP contribution in [-0.2, 0) is 21.2 Å². The predicted molar refractivity (Wildman–Crippen MR) is 92.3 cm³/mol. The Balaban J connectivity index is 1.94. The molecule has 0 radical (unpaired) electrons. The van der Waals surface area contributed by atoms with Gasteiger partial charge in [-0.1, -0.05) is 18.2 Å². The Morgan fingerprint density at radius 2 is 1.96 bits per heavy atom. The Labute approximate surface area is 142 Å². The van der Waals surface area contributed by atoms with Crippen molar-refractivity contribution in [3.63, 3.8) is 0 Å².